The molecule has 0 bridgehead atoms. The number of sulfonamides is 1. The van der Waals surface area contributed by atoms with Gasteiger partial charge < -0.3 is 14.8 Å². The summed E-state index contributed by atoms with van der Waals surface area (Å²) >= 11 is 0. The molecule has 0 spiro atoms. The van der Waals surface area contributed by atoms with E-state index in [4.69, 9.17) is 9.47 Å². The van der Waals surface area contributed by atoms with Crippen LogP contribution in [0.4, 0.5) is 0 Å². The van der Waals surface area contributed by atoms with Crippen LogP contribution >= 0.6 is 0 Å². The summed E-state index contributed by atoms with van der Waals surface area (Å²) in [6, 6.07) is 4.86. The zero-order chi connectivity index (χ0) is 18.4. The molecule has 1 N–H and O–H groups in total. The normalized spacial score (nSPS) is 18.6. The Morgan fingerprint density at radius 2 is 2.08 bits per heavy atom. The molecule has 8 heteroatoms. The van der Waals surface area contributed by atoms with Crippen molar-refractivity contribution in [3.05, 3.63) is 23.8 Å². The van der Waals surface area contributed by atoms with Gasteiger partial charge in [-0.05, 0) is 30.9 Å². The highest BCUT2D eigenvalue weighted by Crippen LogP contribution is 2.24. The lowest BCUT2D eigenvalue weighted by atomic mass is 10.0. The SMILES string of the molecule is COc1ccc(C(=O)NCCS(=O)(=O)N2CCC[C@H](C)C2)c(OC)c1. The Morgan fingerprint density at radius 3 is 2.72 bits per heavy atom. The van der Waals surface area contributed by atoms with Crippen LogP contribution in [0.2, 0.25) is 0 Å². The molecule has 0 unspecified atom stereocenters. The number of amides is 1. The third-order valence-corrected chi connectivity index (χ3v) is 6.15. The minimum absolute atomic E-state index is 0.0568. The fraction of sp³-hybridized carbons (Fsp3) is 0.588. The molecule has 1 atom stereocenters. The van der Waals surface area contributed by atoms with Crippen LogP contribution < -0.4 is 14.8 Å². The fourth-order valence-electron chi connectivity index (χ4n) is 2.90. The van der Waals surface area contributed by atoms with Crippen LogP contribution in [0.25, 0.3) is 0 Å². The highest BCUT2D eigenvalue weighted by atomic mass is 32.2. The van der Waals surface area contributed by atoms with Crippen molar-refractivity contribution in [3.8, 4) is 11.5 Å². The molecule has 1 aliphatic rings. The van der Waals surface area contributed by atoms with E-state index in [0.29, 0.717) is 36.1 Å². The van der Waals surface area contributed by atoms with Gasteiger partial charge in [-0.15, -0.1) is 0 Å². The Kier molecular flexibility index (Phi) is 6.66. The molecule has 1 heterocycles. The minimum Gasteiger partial charge on any atom is -0.497 e. The number of nitrogens with one attached hydrogen (secondary N) is 1. The zero-order valence-corrected chi connectivity index (χ0v) is 15.8. The van der Waals surface area contributed by atoms with Gasteiger partial charge in [0, 0.05) is 25.7 Å². The minimum atomic E-state index is -3.35. The number of rotatable bonds is 7. The van der Waals surface area contributed by atoms with Crippen LogP contribution in [-0.4, -0.2) is 58.2 Å². The van der Waals surface area contributed by atoms with Gasteiger partial charge in [-0.3, -0.25) is 4.79 Å². The number of hydrogen-bond acceptors (Lipinski definition) is 5. The Hall–Kier alpha value is -1.80. The average molecular weight is 370 g/mol. The number of carbonyl (C=O) groups is 1. The van der Waals surface area contributed by atoms with Gasteiger partial charge in [0.25, 0.3) is 5.91 Å². The molecule has 1 amide bonds. The molecule has 1 fully saturated rings. The van der Waals surface area contributed by atoms with E-state index in [1.54, 1.807) is 18.2 Å². The second-order valence-corrected chi connectivity index (χ2v) is 8.33. The van der Waals surface area contributed by atoms with Crippen molar-refractivity contribution in [2.24, 2.45) is 5.92 Å². The molecule has 1 aromatic rings. The van der Waals surface area contributed by atoms with Crippen molar-refractivity contribution in [2.45, 2.75) is 19.8 Å². The molecule has 7 nitrogen and oxygen atoms in total. The van der Waals surface area contributed by atoms with Crippen molar-refractivity contribution < 1.29 is 22.7 Å². The first-order chi connectivity index (χ1) is 11.9. The van der Waals surface area contributed by atoms with Crippen molar-refractivity contribution >= 4 is 15.9 Å². The van der Waals surface area contributed by atoms with E-state index >= 15 is 0 Å². The summed E-state index contributed by atoms with van der Waals surface area (Å²) in [5.74, 6) is 0.854. The van der Waals surface area contributed by atoms with Crippen LogP contribution in [0.15, 0.2) is 18.2 Å². The third-order valence-electron chi connectivity index (χ3n) is 4.31. The van der Waals surface area contributed by atoms with Crippen LogP contribution in [0, 0.1) is 5.92 Å². The first-order valence-electron chi connectivity index (χ1n) is 8.35. The zero-order valence-electron chi connectivity index (χ0n) is 14.9. The number of hydrogen-bond donors (Lipinski definition) is 1. The fourth-order valence-corrected chi connectivity index (χ4v) is 4.41. The highest BCUT2D eigenvalue weighted by molar-refractivity contribution is 7.89. The summed E-state index contributed by atoms with van der Waals surface area (Å²) < 4.78 is 36.6. The molecular formula is C17H26N2O5S. The molecule has 0 radical (unpaired) electrons. The van der Waals surface area contributed by atoms with Gasteiger partial charge in [0.15, 0.2) is 0 Å². The van der Waals surface area contributed by atoms with Gasteiger partial charge in [0.05, 0.1) is 25.5 Å². The Balaban J connectivity index is 1.94. The number of piperidine rings is 1. The van der Waals surface area contributed by atoms with E-state index in [1.165, 1.54) is 18.5 Å². The molecule has 0 aromatic heterocycles. The first-order valence-corrected chi connectivity index (χ1v) is 9.96. The second kappa shape index (κ2) is 8.53. The molecule has 1 aliphatic heterocycles. The third kappa shape index (κ3) is 5.09. The molecule has 140 valence electrons. The molecule has 2 rings (SSSR count). The van der Waals surface area contributed by atoms with E-state index in [-0.39, 0.29) is 18.2 Å². The van der Waals surface area contributed by atoms with Gasteiger partial charge in [0.1, 0.15) is 11.5 Å². The Bertz CT molecular complexity index is 705. The molecule has 1 aromatic carbocycles. The number of methoxy groups -OCH3 is 2. The molecular weight excluding hydrogens is 344 g/mol. The largest absolute Gasteiger partial charge is 0.497 e. The summed E-state index contributed by atoms with van der Waals surface area (Å²) in [5.41, 5.74) is 0.340. The van der Waals surface area contributed by atoms with Gasteiger partial charge in [-0.1, -0.05) is 6.92 Å². The summed E-state index contributed by atoms with van der Waals surface area (Å²) in [6.45, 7) is 3.23. The predicted octanol–water partition coefficient (Wildman–Crippen LogP) is 1.50. The van der Waals surface area contributed by atoms with E-state index in [2.05, 4.69) is 12.2 Å². The maximum atomic E-state index is 12.4. The van der Waals surface area contributed by atoms with Crippen LogP contribution in [-0.2, 0) is 10.0 Å². The molecule has 1 saturated heterocycles. The number of carbonyl (C=O) groups excluding carboxylic acids is 1. The maximum Gasteiger partial charge on any atom is 0.255 e. The smallest absolute Gasteiger partial charge is 0.255 e. The summed E-state index contributed by atoms with van der Waals surface area (Å²) in [7, 11) is -0.359. The van der Waals surface area contributed by atoms with Gasteiger partial charge >= 0.3 is 0 Å². The highest BCUT2D eigenvalue weighted by Gasteiger charge is 2.26. The van der Waals surface area contributed by atoms with Crippen molar-refractivity contribution in [2.75, 3.05) is 39.6 Å². The van der Waals surface area contributed by atoms with E-state index in [1.807, 2.05) is 0 Å². The van der Waals surface area contributed by atoms with Crippen LogP contribution in [0.1, 0.15) is 30.1 Å². The van der Waals surface area contributed by atoms with Crippen LogP contribution in [0.5, 0.6) is 11.5 Å². The van der Waals surface area contributed by atoms with E-state index in [9.17, 15) is 13.2 Å². The average Bonchev–Trinajstić information content (AvgIpc) is 2.60. The van der Waals surface area contributed by atoms with E-state index in [0.717, 1.165) is 12.8 Å². The standard InChI is InChI=1S/C17H26N2O5S/c1-13-5-4-9-19(12-13)25(21,22)10-8-18-17(20)15-7-6-14(23-2)11-16(15)24-3/h6-7,11,13H,4-5,8-10,12H2,1-3H3,(H,18,20)/t13-/m0/s1. The molecule has 25 heavy (non-hydrogen) atoms. The molecule has 0 saturated carbocycles. The first kappa shape index (κ1) is 19.5. The number of ether oxygens (including phenoxy) is 2. The van der Waals surface area contributed by atoms with Crippen molar-refractivity contribution in [3.63, 3.8) is 0 Å². The quantitative estimate of drug-likeness (QED) is 0.786. The van der Waals surface area contributed by atoms with Gasteiger partial charge in [-0.25, -0.2) is 12.7 Å². The topological polar surface area (TPSA) is 84.9 Å². The summed E-state index contributed by atoms with van der Waals surface area (Å²) in [5, 5.41) is 2.65. The summed E-state index contributed by atoms with van der Waals surface area (Å²) in [4.78, 5) is 12.3. The monoisotopic (exact) mass is 370 g/mol. The predicted molar refractivity (Wildman–Crippen MR) is 95.6 cm³/mol. The Morgan fingerprint density at radius 1 is 1.32 bits per heavy atom. The number of benzene rings is 1. The lowest BCUT2D eigenvalue weighted by molar-refractivity contribution is 0.0953. The Labute approximate surface area is 149 Å². The lowest BCUT2D eigenvalue weighted by Crippen LogP contribution is -2.42. The maximum absolute atomic E-state index is 12.4. The van der Waals surface area contributed by atoms with Crippen LogP contribution in [0.3, 0.4) is 0 Å². The lowest BCUT2D eigenvalue weighted by Gasteiger charge is -2.30. The van der Waals surface area contributed by atoms with Crippen molar-refractivity contribution in [1.82, 2.24) is 9.62 Å². The number of nitrogens with zero attached hydrogens (tertiary/aromatic N) is 1. The van der Waals surface area contributed by atoms with E-state index < -0.39 is 10.0 Å². The van der Waals surface area contributed by atoms with Gasteiger partial charge in [0.2, 0.25) is 10.0 Å². The molecule has 0 aliphatic carbocycles. The second-order valence-electron chi connectivity index (χ2n) is 6.24. The van der Waals surface area contributed by atoms with Crippen molar-refractivity contribution in [1.29, 1.82) is 0 Å². The summed E-state index contributed by atoms with van der Waals surface area (Å²) in [6.07, 6.45) is 1.94. The van der Waals surface area contributed by atoms with Gasteiger partial charge in [-0.2, -0.15) is 0 Å².